The highest BCUT2D eigenvalue weighted by Crippen LogP contribution is 2.65. The van der Waals surface area contributed by atoms with E-state index in [-0.39, 0.29) is 24.2 Å². The van der Waals surface area contributed by atoms with Gasteiger partial charge in [-0.3, -0.25) is 14.4 Å². The molecule has 3 aromatic carbocycles. The molecule has 3 unspecified atom stereocenters. The standard InChI is InChI=1S/C48H53NO14/c1-26-32(60-43(55)37(51)36(29-17-11-8-12-18-29)49-41(53)30-19-13-9-14-20-30)24-48(57)40(62-42(54)31-21-15-10-16-22-31)38-46(6,39(52)27(2)35(26)45(48,4)5)33(61-44(56)58-7)23-34-47(38,25-59-34)63-28(3)50/h8-22,27,32-34,36-38,40,51,57H,23-25H2,1-7H3,(H,49,53)/t27-,32?,33+,34?,36?,37-,38+,40+,46-,47+,48-/m1/s1. The van der Waals surface area contributed by atoms with Crippen LogP contribution in [0.5, 0.6) is 0 Å². The maximum absolute atomic E-state index is 15.6. The molecular weight excluding hydrogens is 815 g/mol. The van der Waals surface area contributed by atoms with Crippen molar-refractivity contribution in [3.8, 4) is 0 Å². The molecular formula is C48H53NO14. The maximum Gasteiger partial charge on any atom is 0.508 e. The number of ketones is 1. The Labute approximate surface area is 365 Å². The molecule has 0 radical (unpaired) electrons. The van der Waals surface area contributed by atoms with Gasteiger partial charge in [-0.2, -0.15) is 0 Å². The smallest absolute Gasteiger partial charge is 0.456 e. The Morgan fingerprint density at radius 1 is 0.857 bits per heavy atom. The predicted molar refractivity (Wildman–Crippen MR) is 223 cm³/mol. The minimum Gasteiger partial charge on any atom is -0.456 e. The van der Waals surface area contributed by atoms with Crippen molar-refractivity contribution < 1.29 is 67.4 Å². The van der Waals surface area contributed by atoms with Gasteiger partial charge < -0.3 is 44.0 Å². The molecule has 3 N–H and O–H groups in total. The summed E-state index contributed by atoms with van der Waals surface area (Å²) in [5.41, 5.74) is -5.74. The van der Waals surface area contributed by atoms with Crippen molar-refractivity contribution in [1.29, 1.82) is 0 Å². The van der Waals surface area contributed by atoms with E-state index in [0.717, 1.165) is 7.11 Å². The predicted octanol–water partition coefficient (Wildman–Crippen LogP) is 5.23. The number of carbonyl (C=O) groups excluding carboxylic acids is 6. The Kier molecular flexibility index (Phi) is 12.2. The molecule has 11 atom stereocenters. The number of hydrogen-bond acceptors (Lipinski definition) is 14. The highest BCUT2D eigenvalue weighted by molar-refractivity contribution is 5.95. The number of hydrogen-bond donors (Lipinski definition) is 3. The Bertz CT molecular complexity index is 2300. The SMILES string of the molecule is COC(=O)O[C@H]1CC2OC[C@@]2(OC(C)=O)[C@H]2[C@H](OC(=O)c3ccccc3)[C@]3(O)CC(OC(=O)[C@H](O)C(NC(=O)c4ccccc4)c4ccccc4)C(C)=C([C@@H](C)C(=O)[C@]12C)C3(C)C. The van der Waals surface area contributed by atoms with Gasteiger partial charge in [-0.25, -0.2) is 14.4 Å². The Hall–Kier alpha value is -5.90. The molecule has 1 heterocycles. The Balaban J connectivity index is 1.37. The third-order valence-corrected chi connectivity index (χ3v) is 13.9. The highest BCUT2D eigenvalue weighted by atomic mass is 16.7. The van der Waals surface area contributed by atoms with E-state index in [1.807, 2.05) is 0 Å². The number of aliphatic hydroxyl groups excluding tert-OH is 1. The fourth-order valence-electron chi connectivity index (χ4n) is 10.8. The molecule has 2 saturated carbocycles. The van der Waals surface area contributed by atoms with E-state index in [1.54, 1.807) is 113 Å². The summed E-state index contributed by atoms with van der Waals surface area (Å²) in [5.74, 6) is -6.40. The number of nitrogens with one attached hydrogen (secondary N) is 1. The molecule has 3 aliphatic carbocycles. The molecule has 1 amide bonds. The van der Waals surface area contributed by atoms with E-state index in [4.69, 9.17) is 28.4 Å². The number of benzene rings is 3. The zero-order valence-corrected chi connectivity index (χ0v) is 36.2. The van der Waals surface area contributed by atoms with Gasteiger partial charge in [0.15, 0.2) is 11.7 Å². The van der Waals surface area contributed by atoms with Crippen molar-refractivity contribution >= 4 is 35.8 Å². The van der Waals surface area contributed by atoms with Crippen molar-refractivity contribution in [2.24, 2.45) is 22.7 Å². The minimum atomic E-state index is -2.26. The molecule has 15 nitrogen and oxygen atoms in total. The number of amides is 1. The van der Waals surface area contributed by atoms with Crippen molar-refractivity contribution in [1.82, 2.24) is 5.32 Å². The van der Waals surface area contributed by atoms with Gasteiger partial charge in [-0.15, -0.1) is 0 Å². The minimum absolute atomic E-state index is 0.0989. The highest BCUT2D eigenvalue weighted by Gasteiger charge is 2.78. The quantitative estimate of drug-likeness (QED) is 0.135. The summed E-state index contributed by atoms with van der Waals surface area (Å²) in [6, 6.07) is 23.3. The average molecular weight is 868 g/mol. The zero-order valence-electron chi connectivity index (χ0n) is 36.2. The van der Waals surface area contributed by atoms with Crippen LogP contribution in [0, 0.1) is 22.7 Å². The molecule has 3 aromatic rings. The van der Waals surface area contributed by atoms with E-state index >= 15 is 4.79 Å². The topological polar surface area (TPSA) is 210 Å². The molecule has 63 heavy (non-hydrogen) atoms. The van der Waals surface area contributed by atoms with Gasteiger partial charge in [0.05, 0.1) is 36.7 Å². The molecule has 0 spiro atoms. The van der Waals surface area contributed by atoms with E-state index < -0.39 is 113 Å². The fraction of sp³-hybridized carbons (Fsp3) is 0.458. The number of esters is 3. The average Bonchev–Trinajstić information content (AvgIpc) is 3.26. The summed E-state index contributed by atoms with van der Waals surface area (Å²) in [6.45, 7) is 9.14. The Morgan fingerprint density at radius 3 is 2.00 bits per heavy atom. The van der Waals surface area contributed by atoms with Gasteiger partial charge in [0.2, 0.25) is 0 Å². The third kappa shape index (κ3) is 7.59. The summed E-state index contributed by atoms with van der Waals surface area (Å²) in [6.07, 6.45) is -9.04. The van der Waals surface area contributed by atoms with Crippen LogP contribution in [0.4, 0.5) is 4.79 Å². The van der Waals surface area contributed by atoms with Crippen LogP contribution in [0.15, 0.2) is 102 Å². The second-order valence-electron chi connectivity index (χ2n) is 17.6. The van der Waals surface area contributed by atoms with E-state index in [0.29, 0.717) is 16.7 Å². The lowest BCUT2D eigenvalue weighted by Crippen LogP contribution is -2.81. The molecule has 4 aliphatic rings. The number of aliphatic hydroxyl groups is 2. The van der Waals surface area contributed by atoms with Crippen molar-refractivity contribution in [2.45, 2.75) is 102 Å². The first kappa shape index (κ1) is 45.1. The van der Waals surface area contributed by atoms with E-state index in [1.165, 1.54) is 19.1 Å². The number of Topliss-reactive ketones (excluding diaryl/α,β-unsaturated/α-hetero) is 1. The fourth-order valence-corrected chi connectivity index (χ4v) is 10.8. The van der Waals surface area contributed by atoms with Gasteiger partial charge in [0, 0.05) is 36.7 Å². The molecule has 3 fully saturated rings. The van der Waals surface area contributed by atoms with Crippen LogP contribution in [-0.2, 0) is 42.8 Å². The normalized spacial score (nSPS) is 31.5. The van der Waals surface area contributed by atoms with Crippen LogP contribution < -0.4 is 5.32 Å². The van der Waals surface area contributed by atoms with Gasteiger partial charge in [0.25, 0.3) is 5.91 Å². The first-order chi connectivity index (χ1) is 29.8. The molecule has 1 saturated heterocycles. The van der Waals surface area contributed by atoms with Gasteiger partial charge in [0.1, 0.15) is 35.8 Å². The van der Waals surface area contributed by atoms with Gasteiger partial charge >= 0.3 is 24.1 Å². The van der Waals surface area contributed by atoms with Crippen LogP contribution in [0.2, 0.25) is 0 Å². The van der Waals surface area contributed by atoms with E-state index in [2.05, 4.69) is 5.32 Å². The lowest BCUT2D eigenvalue weighted by molar-refractivity contribution is -0.345. The second-order valence-corrected chi connectivity index (χ2v) is 17.6. The molecule has 1 aliphatic heterocycles. The van der Waals surface area contributed by atoms with Crippen LogP contribution >= 0.6 is 0 Å². The summed E-state index contributed by atoms with van der Waals surface area (Å²) in [7, 11) is 1.11. The van der Waals surface area contributed by atoms with Crippen LogP contribution in [0.25, 0.3) is 0 Å². The van der Waals surface area contributed by atoms with Crippen LogP contribution in [-0.4, -0.2) is 101 Å². The van der Waals surface area contributed by atoms with Crippen molar-refractivity contribution in [2.75, 3.05) is 13.7 Å². The van der Waals surface area contributed by atoms with Crippen LogP contribution in [0.1, 0.15) is 86.7 Å². The summed E-state index contributed by atoms with van der Waals surface area (Å²) < 4.78 is 35.5. The van der Waals surface area contributed by atoms with Crippen LogP contribution in [0.3, 0.4) is 0 Å². The first-order valence-corrected chi connectivity index (χ1v) is 20.9. The lowest BCUT2D eigenvalue weighted by Gasteiger charge is -2.67. The zero-order chi connectivity index (χ0) is 45.6. The van der Waals surface area contributed by atoms with Gasteiger partial charge in [-0.1, -0.05) is 87.5 Å². The van der Waals surface area contributed by atoms with Gasteiger partial charge in [-0.05, 0) is 54.8 Å². The maximum atomic E-state index is 15.6. The molecule has 0 aromatic heterocycles. The number of fused-ring (bicyclic) bond motifs is 5. The third-order valence-electron chi connectivity index (χ3n) is 13.9. The number of rotatable bonds is 10. The Morgan fingerprint density at radius 2 is 1.44 bits per heavy atom. The summed E-state index contributed by atoms with van der Waals surface area (Å²) in [4.78, 5) is 83.8. The number of methoxy groups -OCH3 is 1. The number of ether oxygens (including phenoxy) is 6. The molecule has 7 rings (SSSR count). The van der Waals surface area contributed by atoms with Crippen molar-refractivity contribution in [3.63, 3.8) is 0 Å². The number of carbonyl (C=O) groups is 6. The largest absolute Gasteiger partial charge is 0.508 e. The summed E-state index contributed by atoms with van der Waals surface area (Å²) in [5, 5.41) is 28.3. The summed E-state index contributed by atoms with van der Waals surface area (Å²) >= 11 is 0. The van der Waals surface area contributed by atoms with E-state index in [9.17, 15) is 34.2 Å². The molecule has 15 heteroatoms. The first-order valence-electron chi connectivity index (χ1n) is 20.9. The molecule has 334 valence electrons. The lowest BCUT2D eigenvalue weighted by atomic mass is 9.43. The second kappa shape index (κ2) is 17.0. The molecule has 2 bridgehead atoms. The van der Waals surface area contributed by atoms with Crippen molar-refractivity contribution in [3.05, 3.63) is 119 Å². The monoisotopic (exact) mass is 867 g/mol.